The van der Waals surface area contributed by atoms with Crippen molar-refractivity contribution in [3.63, 3.8) is 0 Å². The largest absolute Gasteiger partial charge is 0.493 e. The third-order valence-corrected chi connectivity index (χ3v) is 4.86. The van der Waals surface area contributed by atoms with E-state index in [4.69, 9.17) is 4.74 Å². The molecule has 5 nitrogen and oxygen atoms in total. The molecule has 1 aliphatic heterocycles. The van der Waals surface area contributed by atoms with Crippen molar-refractivity contribution >= 4 is 16.9 Å². The summed E-state index contributed by atoms with van der Waals surface area (Å²) in [5.41, 5.74) is 5.33. The van der Waals surface area contributed by atoms with Gasteiger partial charge in [0.2, 0.25) is 0 Å². The number of benzene rings is 2. The van der Waals surface area contributed by atoms with Crippen molar-refractivity contribution in [3.8, 4) is 16.9 Å². The van der Waals surface area contributed by atoms with Crippen LogP contribution in [0.4, 0.5) is 4.79 Å². The van der Waals surface area contributed by atoms with Crippen molar-refractivity contribution in [1.29, 1.82) is 0 Å². The first-order valence-corrected chi connectivity index (χ1v) is 9.32. The van der Waals surface area contributed by atoms with Crippen LogP contribution in [0.15, 0.2) is 48.7 Å². The summed E-state index contributed by atoms with van der Waals surface area (Å²) in [5.74, 6) is 0.830. The molecule has 1 aromatic heterocycles. The van der Waals surface area contributed by atoms with E-state index in [9.17, 15) is 4.79 Å². The summed E-state index contributed by atoms with van der Waals surface area (Å²) in [6, 6.07) is 14.3. The Morgan fingerprint density at radius 3 is 2.93 bits per heavy atom. The molecule has 1 aliphatic rings. The Labute approximate surface area is 158 Å². The highest BCUT2D eigenvalue weighted by Gasteiger charge is 2.23. The molecule has 1 atom stereocenters. The number of urea groups is 1. The minimum atomic E-state index is -0.149. The molecule has 138 valence electrons. The second-order valence-corrected chi connectivity index (χ2v) is 6.87. The molecule has 0 saturated carbocycles. The van der Waals surface area contributed by atoms with Crippen LogP contribution < -0.4 is 15.4 Å². The number of nitrogens with one attached hydrogen (secondary N) is 2. The Morgan fingerprint density at radius 1 is 1.19 bits per heavy atom. The highest BCUT2D eigenvalue weighted by molar-refractivity contribution is 5.84. The molecular formula is C22H23N3O2. The lowest BCUT2D eigenvalue weighted by Crippen LogP contribution is -2.39. The van der Waals surface area contributed by atoms with Crippen LogP contribution in [-0.4, -0.2) is 24.2 Å². The Morgan fingerprint density at radius 2 is 2.07 bits per heavy atom. The number of pyridine rings is 1. The number of amides is 2. The number of carbonyl (C=O) groups is 1. The predicted octanol–water partition coefficient (Wildman–Crippen LogP) is 4.35. The van der Waals surface area contributed by atoms with Gasteiger partial charge in [0, 0.05) is 35.7 Å². The van der Waals surface area contributed by atoms with Crippen LogP contribution in [0.1, 0.15) is 30.5 Å². The third-order valence-electron chi connectivity index (χ3n) is 4.86. The highest BCUT2D eigenvalue weighted by Crippen LogP contribution is 2.35. The van der Waals surface area contributed by atoms with E-state index < -0.39 is 0 Å². The van der Waals surface area contributed by atoms with Gasteiger partial charge in [0.25, 0.3) is 0 Å². The molecule has 2 amide bonds. The van der Waals surface area contributed by atoms with Gasteiger partial charge in [-0.05, 0) is 49.7 Å². The molecule has 1 unspecified atom stereocenters. The van der Waals surface area contributed by atoms with E-state index in [-0.39, 0.29) is 12.1 Å². The van der Waals surface area contributed by atoms with E-state index in [0.717, 1.165) is 39.8 Å². The molecule has 3 aromatic rings. The second kappa shape index (κ2) is 7.27. The number of aryl methyl sites for hydroxylation is 1. The maximum Gasteiger partial charge on any atom is 0.315 e. The van der Waals surface area contributed by atoms with Crippen LogP contribution in [0.2, 0.25) is 0 Å². The van der Waals surface area contributed by atoms with Gasteiger partial charge in [-0.3, -0.25) is 4.98 Å². The van der Waals surface area contributed by atoms with Crippen LogP contribution in [0.3, 0.4) is 0 Å². The summed E-state index contributed by atoms with van der Waals surface area (Å²) in [4.78, 5) is 16.6. The molecule has 0 bridgehead atoms. The van der Waals surface area contributed by atoms with Crippen LogP contribution in [0.5, 0.6) is 5.75 Å². The quantitative estimate of drug-likeness (QED) is 0.729. The summed E-state index contributed by atoms with van der Waals surface area (Å²) in [7, 11) is 0. The van der Waals surface area contributed by atoms with E-state index in [1.807, 2.05) is 31.3 Å². The van der Waals surface area contributed by atoms with Crippen LogP contribution in [0.25, 0.3) is 22.0 Å². The molecule has 2 heterocycles. The summed E-state index contributed by atoms with van der Waals surface area (Å²) < 4.78 is 5.78. The highest BCUT2D eigenvalue weighted by atomic mass is 16.5. The van der Waals surface area contributed by atoms with E-state index in [2.05, 4.69) is 46.8 Å². The summed E-state index contributed by atoms with van der Waals surface area (Å²) >= 11 is 0. The van der Waals surface area contributed by atoms with Gasteiger partial charge in [0.05, 0.1) is 18.2 Å². The molecule has 4 rings (SSSR count). The maximum absolute atomic E-state index is 12.0. The number of carbonyl (C=O) groups excluding carboxylic acids is 1. The number of hydrogen-bond donors (Lipinski definition) is 2. The molecule has 0 spiro atoms. The first-order valence-electron chi connectivity index (χ1n) is 9.32. The fourth-order valence-corrected chi connectivity index (χ4v) is 3.50. The van der Waals surface area contributed by atoms with E-state index in [1.165, 1.54) is 5.56 Å². The molecule has 0 saturated heterocycles. The minimum absolute atomic E-state index is 0.0593. The van der Waals surface area contributed by atoms with Crippen molar-refractivity contribution < 1.29 is 9.53 Å². The fourth-order valence-electron chi connectivity index (χ4n) is 3.50. The SMILES string of the molecule is CCNC(=O)NC1CCOc2ccc(-c3cnc4ccc(C)cc4c3)cc21. The zero-order valence-electron chi connectivity index (χ0n) is 15.6. The van der Waals surface area contributed by atoms with Gasteiger partial charge in [0.1, 0.15) is 5.75 Å². The summed E-state index contributed by atoms with van der Waals surface area (Å²) in [6.45, 7) is 5.19. The topological polar surface area (TPSA) is 63.2 Å². The number of hydrogen-bond acceptors (Lipinski definition) is 3. The smallest absolute Gasteiger partial charge is 0.315 e. The number of rotatable bonds is 3. The van der Waals surface area contributed by atoms with Crippen LogP contribution >= 0.6 is 0 Å². The van der Waals surface area contributed by atoms with Crippen molar-refractivity contribution in [3.05, 3.63) is 59.8 Å². The minimum Gasteiger partial charge on any atom is -0.493 e. The average Bonchev–Trinajstić information content (AvgIpc) is 2.67. The zero-order chi connectivity index (χ0) is 18.8. The first kappa shape index (κ1) is 17.3. The second-order valence-electron chi connectivity index (χ2n) is 6.87. The Hall–Kier alpha value is -3.08. The van der Waals surface area contributed by atoms with Gasteiger partial charge in [-0.15, -0.1) is 0 Å². The lowest BCUT2D eigenvalue weighted by molar-refractivity contribution is 0.224. The maximum atomic E-state index is 12.0. The van der Waals surface area contributed by atoms with Crippen molar-refractivity contribution in [1.82, 2.24) is 15.6 Å². The summed E-state index contributed by atoms with van der Waals surface area (Å²) in [6.07, 6.45) is 2.65. The number of aromatic nitrogens is 1. The first-order chi connectivity index (χ1) is 13.1. The van der Waals surface area contributed by atoms with Gasteiger partial charge in [-0.25, -0.2) is 4.79 Å². The van der Waals surface area contributed by atoms with E-state index in [0.29, 0.717) is 13.2 Å². The molecule has 0 radical (unpaired) electrons. The molecule has 0 aliphatic carbocycles. The lowest BCUT2D eigenvalue weighted by atomic mass is 9.95. The van der Waals surface area contributed by atoms with E-state index in [1.54, 1.807) is 0 Å². The Balaban J connectivity index is 1.70. The van der Waals surface area contributed by atoms with Gasteiger partial charge in [-0.2, -0.15) is 0 Å². The van der Waals surface area contributed by atoms with Crippen molar-refractivity contribution in [2.45, 2.75) is 26.3 Å². The van der Waals surface area contributed by atoms with Crippen LogP contribution in [0, 0.1) is 6.92 Å². The molecule has 27 heavy (non-hydrogen) atoms. The Bertz CT molecular complexity index is 1000. The van der Waals surface area contributed by atoms with Crippen molar-refractivity contribution in [2.75, 3.05) is 13.2 Å². The monoisotopic (exact) mass is 361 g/mol. The third kappa shape index (κ3) is 3.58. The van der Waals surface area contributed by atoms with Crippen molar-refractivity contribution in [2.24, 2.45) is 0 Å². The number of nitrogens with zero attached hydrogens (tertiary/aromatic N) is 1. The lowest BCUT2D eigenvalue weighted by Gasteiger charge is -2.27. The van der Waals surface area contributed by atoms with Gasteiger partial charge >= 0.3 is 6.03 Å². The molecule has 2 N–H and O–H groups in total. The number of fused-ring (bicyclic) bond motifs is 2. The van der Waals surface area contributed by atoms with E-state index >= 15 is 0 Å². The normalized spacial score (nSPS) is 15.7. The molecule has 2 aromatic carbocycles. The molecule has 5 heteroatoms. The fraction of sp³-hybridized carbons (Fsp3) is 0.273. The molecular weight excluding hydrogens is 338 g/mol. The number of ether oxygens (including phenoxy) is 1. The van der Waals surface area contributed by atoms with Gasteiger partial charge in [0.15, 0.2) is 0 Å². The van der Waals surface area contributed by atoms with Gasteiger partial charge < -0.3 is 15.4 Å². The predicted molar refractivity (Wildman–Crippen MR) is 107 cm³/mol. The Kier molecular flexibility index (Phi) is 4.67. The van der Waals surface area contributed by atoms with Crippen LogP contribution in [-0.2, 0) is 0 Å². The summed E-state index contributed by atoms with van der Waals surface area (Å²) in [5, 5.41) is 6.96. The van der Waals surface area contributed by atoms with Gasteiger partial charge in [-0.1, -0.05) is 17.7 Å². The zero-order valence-corrected chi connectivity index (χ0v) is 15.6. The average molecular weight is 361 g/mol. The molecule has 0 fully saturated rings. The standard InChI is InChI=1S/C22H23N3O2/c1-3-23-22(26)25-20-8-9-27-21-7-5-15(12-18(20)21)17-11-16-10-14(2)4-6-19(16)24-13-17/h4-7,10-13,20H,3,8-9H2,1-2H3,(H2,23,25,26).